The van der Waals surface area contributed by atoms with E-state index in [1.165, 1.54) is 12.3 Å². The Morgan fingerprint density at radius 1 is 1.18 bits per heavy atom. The molecule has 198 valence electrons. The van der Waals surface area contributed by atoms with Crippen LogP contribution in [0.2, 0.25) is 0 Å². The Morgan fingerprint density at radius 2 is 1.97 bits per heavy atom. The summed E-state index contributed by atoms with van der Waals surface area (Å²) in [5, 5.41) is 17.3. The minimum absolute atomic E-state index is 0.0538. The minimum atomic E-state index is -0.517. The number of furan rings is 1. The molecule has 0 saturated carbocycles. The zero-order valence-electron chi connectivity index (χ0n) is 21.3. The van der Waals surface area contributed by atoms with E-state index in [-0.39, 0.29) is 23.4 Å². The van der Waals surface area contributed by atoms with E-state index >= 15 is 0 Å². The average molecular weight is 591 g/mol. The quantitative estimate of drug-likeness (QED) is 0.114. The van der Waals surface area contributed by atoms with Crippen molar-refractivity contribution in [3.63, 3.8) is 0 Å². The van der Waals surface area contributed by atoms with E-state index < -0.39 is 10.5 Å². The maximum Gasteiger partial charge on any atom is 0.312 e. The standard InChI is InChI=1S/C28H23BrN4O6/c1-4-16(2)38-26-17(12-18(29)13-22(26)33(35)36)15-30-32-27(31-21-9-6-5-8-19(21)28(32)34)25-14-20-23(37-3)10-7-11-24(20)39-25/h5-16H,4H2,1-3H3/t16-/m1/s1. The number of aromatic nitrogens is 2. The molecule has 0 fully saturated rings. The third-order valence-electron chi connectivity index (χ3n) is 6.18. The van der Waals surface area contributed by atoms with E-state index in [0.29, 0.717) is 49.8 Å². The zero-order valence-corrected chi connectivity index (χ0v) is 22.8. The van der Waals surface area contributed by atoms with E-state index in [1.54, 1.807) is 61.7 Å². The first kappa shape index (κ1) is 26.1. The number of nitrogens with zero attached hydrogens (tertiary/aromatic N) is 4. The molecule has 0 spiro atoms. The Kier molecular flexibility index (Phi) is 7.16. The Morgan fingerprint density at radius 3 is 2.72 bits per heavy atom. The summed E-state index contributed by atoms with van der Waals surface area (Å²) in [5.74, 6) is 1.11. The van der Waals surface area contributed by atoms with Crippen molar-refractivity contribution in [2.75, 3.05) is 7.11 Å². The van der Waals surface area contributed by atoms with Crippen LogP contribution in [-0.4, -0.2) is 34.0 Å². The second-order valence-corrected chi connectivity index (χ2v) is 9.65. The highest BCUT2D eigenvalue weighted by molar-refractivity contribution is 9.10. The number of hydrogen-bond donors (Lipinski definition) is 0. The molecule has 39 heavy (non-hydrogen) atoms. The molecular formula is C28H23BrN4O6. The lowest BCUT2D eigenvalue weighted by molar-refractivity contribution is -0.386. The third-order valence-corrected chi connectivity index (χ3v) is 6.64. The molecule has 5 rings (SSSR count). The van der Waals surface area contributed by atoms with Gasteiger partial charge in [-0.25, -0.2) is 4.98 Å². The summed E-state index contributed by atoms with van der Waals surface area (Å²) in [4.78, 5) is 29.6. The number of fused-ring (bicyclic) bond motifs is 2. The van der Waals surface area contributed by atoms with Crippen molar-refractivity contribution in [3.8, 4) is 23.1 Å². The van der Waals surface area contributed by atoms with Gasteiger partial charge in [0.2, 0.25) is 11.6 Å². The van der Waals surface area contributed by atoms with Crippen LogP contribution in [0.5, 0.6) is 11.5 Å². The molecule has 1 atom stereocenters. The summed E-state index contributed by atoms with van der Waals surface area (Å²) in [7, 11) is 1.56. The van der Waals surface area contributed by atoms with Crippen LogP contribution in [0, 0.1) is 10.1 Å². The second kappa shape index (κ2) is 10.7. The van der Waals surface area contributed by atoms with Crippen molar-refractivity contribution >= 4 is 49.7 Å². The number of nitro groups is 1. The smallest absolute Gasteiger partial charge is 0.312 e. The van der Waals surface area contributed by atoms with E-state index in [4.69, 9.17) is 13.9 Å². The van der Waals surface area contributed by atoms with Crippen LogP contribution in [0.15, 0.2) is 79.4 Å². The van der Waals surface area contributed by atoms with Gasteiger partial charge in [0.1, 0.15) is 11.3 Å². The van der Waals surface area contributed by atoms with Gasteiger partial charge in [0.05, 0.1) is 40.6 Å². The molecule has 5 aromatic rings. The maximum absolute atomic E-state index is 13.6. The van der Waals surface area contributed by atoms with Crippen LogP contribution < -0.4 is 15.0 Å². The van der Waals surface area contributed by atoms with Crippen LogP contribution in [0.25, 0.3) is 33.5 Å². The molecule has 3 aromatic carbocycles. The number of nitro benzene ring substituents is 1. The summed E-state index contributed by atoms with van der Waals surface area (Å²) in [6.07, 6.45) is 1.69. The van der Waals surface area contributed by atoms with E-state index in [0.717, 1.165) is 4.68 Å². The summed E-state index contributed by atoms with van der Waals surface area (Å²) in [6, 6.07) is 17.0. The number of methoxy groups -OCH3 is 1. The molecule has 0 amide bonds. The summed E-state index contributed by atoms with van der Waals surface area (Å²) in [5.41, 5.74) is 0.672. The van der Waals surface area contributed by atoms with Gasteiger partial charge < -0.3 is 13.9 Å². The largest absolute Gasteiger partial charge is 0.496 e. The molecule has 10 nitrogen and oxygen atoms in total. The first-order chi connectivity index (χ1) is 18.8. The molecule has 0 N–H and O–H groups in total. The molecule has 0 aliphatic rings. The predicted octanol–water partition coefficient (Wildman–Crippen LogP) is 6.55. The molecule has 2 aromatic heterocycles. The zero-order chi connectivity index (χ0) is 27.7. The average Bonchev–Trinajstić information content (AvgIpc) is 3.37. The van der Waals surface area contributed by atoms with Gasteiger partial charge in [-0.15, -0.1) is 0 Å². The molecule has 0 aliphatic carbocycles. The first-order valence-corrected chi connectivity index (χ1v) is 12.9. The minimum Gasteiger partial charge on any atom is -0.496 e. The highest BCUT2D eigenvalue weighted by Crippen LogP contribution is 2.36. The normalized spacial score (nSPS) is 12.3. The van der Waals surface area contributed by atoms with Crippen molar-refractivity contribution in [1.29, 1.82) is 0 Å². The number of ether oxygens (including phenoxy) is 2. The molecule has 0 aliphatic heterocycles. The molecule has 2 heterocycles. The number of hydrogen-bond acceptors (Lipinski definition) is 8. The van der Waals surface area contributed by atoms with E-state index in [2.05, 4.69) is 26.0 Å². The van der Waals surface area contributed by atoms with Crippen LogP contribution in [0.4, 0.5) is 5.69 Å². The number of benzene rings is 3. The van der Waals surface area contributed by atoms with E-state index in [1.807, 2.05) is 13.8 Å². The summed E-state index contributed by atoms with van der Waals surface area (Å²) < 4.78 is 19.0. The molecule has 11 heteroatoms. The van der Waals surface area contributed by atoms with Crippen molar-refractivity contribution in [3.05, 3.63) is 91.2 Å². The van der Waals surface area contributed by atoms with Gasteiger partial charge in [-0.2, -0.15) is 9.78 Å². The van der Waals surface area contributed by atoms with Gasteiger partial charge >= 0.3 is 5.69 Å². The molecule has 0 unspecified atom stereocenters. The second-order valence-electron chi connectivity index (χ2n) is 8.73. The fraction of sp³-hybridized carbons (Fsp3) is 0.179. The summed E-state index contributed by atoms with van der Waals surface area (Å²) >= 11 is 3.33. The highest BCUT2D eigenvalue weighted by atomic mass is 79.9. The third kappa shape index (κ3) is 5.00. The molecule has 0 bridgehead atoms. The lowest BCUT2D eigenvalue weighted by Gasteiger charge is -2.15. The van der Waals surface area contributed by atoms with Gasteiger partial charge in [-0.05, 0) is 49.7 Å². The Bertz CT molecular complexity index is 1810. The summed E-state index contributed by atoms with van der Waals surface area (Å²) in [6.45, 7) is 3.73. The fourth-order valence-electron chi connectivity index (χ4n) is 4.08. The first-order valence-electron chi connectivity index (χ1n) is 12.1. The topological polar surface area (TPSA) is 122 Å². The van der Waals surface area contributed by atoms with Crippen molar-refractivity contribution in [2.24, 2.45) is 5.10 Å². The molecule has 0 saturated heterocycles. The van der Waals surface area contributed by atoms with Crippen LogP contribution in [-0.2, 0) is 0 Å². The number of halogens is 1. The molecule has 0 radical (unpaired) electrons. The van der Waals surface area contributed by atoms with Crippen LogP contribution >= 0.6 is 15.9 Å². The lowest BCUT2D eigenvalue weighted by Crippen LogP contribution is -2.20. The van der Waals surface area contributed by atoms with Gasteiger partial charge in [0.25, 0.3) is 5.56 Å². The monoisotopic (exact) mass is 590 g/mol. The van der Waals surface area contributed by atoms with Gasteiger partial charge in [0, 0.05) is 16.1 Å². The molecular weight excluding hydrogens is 568 g/mol. The number of para-hydroxylation sites is 1. The number of rotatable bonds is 8. The van der Waals surface area contributed by atoms with Crippen molar-refractivity contribution in [2.45, 2.75) is 26.4 Å². The maximum atomic E-state index is 13.6. The van der Waals surface area contributed by atoms with Gasteiger partial charge in [0.15, 0.2) is 5.76 Å². The Balaban J connectivity index is 1.74. The van der Waals surface area contributed by atoms with Gasteiger partial charge in [-0.3, -0.25) is 14.9 Å². The van der Waals surface area contributed by atoms with Crippen LogP contribution in [0.3, 0.4) is 0 Å². The predicted molar refractivity (Wildman–Crippen MR) is 152 cm³/mol. The van der Waals surface area contributed by atoms with E-state index in [9.17, 15) is 14.9 Å². The van der Waals surface area contributed by atoms with Crippen molar-refractivity contribution in [1.82, 2.24) is 9.66 Å². The van der Waals surface area contributed by atoms with Crippen molar-refractivity contribution < 1.29 is 18.8 Å². The van der Waals surface area contributed by atoms with Gasteiger partial charge in [-0.1, -0.05) is 41.1 Å². The fourth-order valence-corrected chi connectivity index (χ4v) is 4.54. The lowest BCUT2D eigenvalue weighted by atomic mass is 10.2. The van der Waals surface area contributed by atoms with Crippen LogP contribution in [0.1, 0.15) is 25.8 Å². The Labute approximate surface area is 230 Å². The Hall–Kier alpha value is -4.51. The highest BCUT2D eigenvalue weighted by Gasteiger charge is 2.23. The SMILES string of the molecule is CC[C@@H](C)Oc1c(C=Nn2c(-c3cc4c(OC)cccc4o3)nc3ccccc3c2=O)cc(Br)cc1[N+](=O)[O-].